The van der Waals surface area contributed by atoms with Gasteiger partial charge in [0, 0.05) is 6.07 Å². The Morgan fingerprint density at radius 1 is 1.38 bits per heavy atom. The molecule has 0 aliphatic rings. The predicted octanol–water partition coefficient (Wildman–Crippen LogP) is 3.39. The van der Waals surface area contributed by atoms with E-state index in [9.17, 15) is 13.2 Å². The second kappa shape index (κ2) is 3.87. The van der Waals surface area contributed by atoms with E-state index in [1.165, 1.54) is 13.0 Å². The highest BCUT2D eigenvalue weighted by atomic mass is 35.5. The zero-order valence-corrected chi connectivity index (χ0v) is 7.41. The first kappa shape index (κ1) is 10.2. The van der Waals surface area contributed by atoms with Crippen LogP contribution in [0.4, 0.5) is 13.2 Å². The third kappa shape index (κ3) is 2.52. The Bertz CT molecular complexity index is 315. The van der Waals surface area contributed by atoms with Crippen molar-refractivity contribution in [1.29, 1.82) is 0 Å². The van der Waals surface area contributed by atoms with Crippen LogP contribution in [-0.2, 0) is 0 Å². The summed E-state index contributed by atoms with van der Waals surface area (Å²) in [6.45, 7) is -1.46. The van der Waals surface area contributed by atoms with Gasteiger partial charge >= 0.3 is 6.61 Å². The molecule has 1 nitrogen and oxygen atoms in total. The van der Waals surface area contributed by atoms with Crippen molar-refractivity contribution in [2.75, 3.05) is 0 Å². The molecule has 0 fully saturated rings. The van der Waals surface area contributed by atoms with E-state index in [0.717, 1.165) is 6.07 Å². The fourth-order valence-corrected chi connectivity index (χ4v) is 1.07. The Kier molecular flexibility index (Phi) is 3.03. The van der Waals surface area contributed by atoms with Gasteiger partial charge in [0.05, 0.1) is 5.02 Å². The van der Waals surface area contributed by atoms with Crippen molar-refractivity contribution in [1.82, 2.24) is 0 Å². The van der Waals surface area contributed by atoms with Crippen molar-refractivity contribution in [3.63, 3.8) is 0 Å². The molecule has 1 rings (SSSR count). The number of alkyl halides is 2. The van der Waals surface area contributed by atoms with Gasteiger partial charge in [-0.15, -0.1) is 0 Å². The molecule has 0 aliphatic heterocycles. The lowest BCUT2D eigenvalue weighted by Crippen LogP contribution is -2.03. The van der Waals surface area contributed by atoms with Gasteiger partial charge in [-0.3, -0.25) is 0 Å². The maximum Gasteiger partial charge on any atom is 0.387 e. The summed E-state index contributed by atoms with van der Waals surface area (Å²) < 4.78 is 40.3. The molecule has 1 aromatic carbocycles. The molecule has 0 heterocycles. The zero-order chi connectivity index (χ0) is 10.0. The number of ether oxygens (including phenoxy) is 1. The van der Waals surface area contributed by atoms with Crippen LogP contribution >= 0.6 is 11.6 Å². The van der Waals surface area contributed by atoms with Crippen molar-refractivity contribution in [2.45, 2.75) is 13.5 Å². The summed E-state index contributed by atoms with van der Waals surface area (Å²) in [5.41, 5.74) is 0.367. The molecule has 0 atom stereocenters. The van der Waals surface area contributed by atoms with Gasteiger partial charge in [-0.25, -0.2) is 4.39 Å². The monoisotopic (exact) mass is 210 g/mol. The van der Waals surface area contributed by atoms with Crippen LogP contribution in [0.15, 0.2) is 12.1 Å². The molecule has 13 heavy (non-hydrogen) atoms. The minimum absolute atomic E-state index is 0.112. The van der Waals surface area contributed by atoms with Crippen LogP contribution in [0, 0.1) is 12.7 Å². The Hall–Kier alpha value is -0.900. The lowest BCUT2D eigenvalue weighted by molar-refractivity contribution is -0.0504. The van der Waals surface area contributed by atoms with Gasteiger partial charge in [0.15, 0.2) is 0 Å². The van der Waals surface area contributed by atoms with Gasteiger partial charge in [-0.05, 0) is 18.6 Å². The molecule has 0 N–H and O–H groups in total. The fourth-order valence-electron chi connectivity index (χ4n) is 0.851. The topological polar surface area (TPSA) is 9.23 Å². The van der Waals surface area contributed by atoms with Gasteiger partial charge in [-0.2, -0.15) is 8.78 Å². The predicted molar refractivity (Wildman–Crippen MR) is 42.8 cm³/mol. The molecule has 0 amide bonds. The van der Waals surface area contributed by atoms with Gasteiger partial charge in [-0.1, -0.05) is 11.6 Å². The number of hydrogen-bond acceptors (Lipinski definition) is 1. The largest absolute Gasteiger partial charge is 0.434 e. The van der Waals surface area contributed by atoms with Crippen LogP contribution < -0.4 is 4.74 Å². The highest BCUT2D eigenvalue weighted by molar-refractivity contribution is 6.30. The molecule has 72 valence electrons. The molecule has 0 unspecified atom stereocenters. The van der Waals surface area contributed by atoms with E-state index in [1.807, 2.05) is 0 Å². The standard InChI is InChI=1S/C8H6ClF3O/c1-4-2-5(9)6(10)3-7(4)13-8(11)12/h2-3,8H,1H3. The molecule has 0 saturated heterocycles. The second-order valence-corrected chi connectivity index (χ2v) is 2.82. The van der Waals surface area contributed by atoms with Gasteiger partial charge in [0.1, 0.15) is 11.6 Å². The third-order valence-electron chi connectivity index (χ3n) is 1.43. The van der Waals surface area contributed by atoms with Gasteiger partial charge in [0.25, 0.3) is 0 Å². The van der Waals surface area contributed by atoms with Crippen molar-refractivity contribution in [3.8, 4) is 5.75 Å². The SMILES string of the molecule is Cc1cc(Cl)c(F)cc1OC(F)F. The molecule has 0 aromatic heterocycles. The number of aryl methyl sites for hydroxylation is 1. The van der Waals surface area contributed by atoms with Crippen LogP contribution in [0.1, 0.15) is 5.56 Å². The molecule has 5 heteroatoms. The van der Waals surface area contributed by atoms with E-state index < -0.39 is 12.4 Å². The van der Waals surface area contributed by atoms with E-state index in [2.05, 4.69) is 4.74 Å². The Morgan fingerprint density at radius 2 is 2.00 bits per heavy atom. The summed E-state index contributed by atoms with van der Waals surface area (Å²) in [6, 6.07) is 2.07. The smallest absolute Gasteiger partial charge is 0.387 e. The molecule has 0 radical (unpaired) electrons. The molecule has 0 bridgehead atoms. The first-order chi connectivity index (χ1) is 6.00. The lowest BCUT2D eigenvalue weighted by atomic mass is 10.2. The van der Waals surface area contributed by atoms with Crippen LogP contribution in [0.25, 0.3) is 0 Å². The summed E-state index contributed by atoms with van der Waals surface area (Å²) in [5.74, 6) is -0.972. The Balaban J connectivity index is 3.01. The molecule has 0 saturated carbocycles. The average Bonchev–Trinajstić information content (AvgIpc) is 1.99. The normalized spacial score (nSPS) is 10.6. The first-order valence-electron chi connectivity index (χ1n) is 3.41. The summed E-state index contributed by atoms with van der Waals surface area (Å²) >= 11 is 5.40. The van der Waals surface area contributed by atoms with Crippen molar-refractivity contribution in [3.05, 3.63) is 28.5 Å². The maximum atomic E-state index is 12.8. The minimum atomic E-state index is -2.96. The van der Waals surface area contributed by atoms with Gasteiger partial charge in [0.2, 0.25) is 0 Å². The summed E-state index contributed by atoms with van der Waals surface area (Å²) in [5, 5.41) is -0.112. The van der Waals surface area contributed by atoms with Gasteiger partial charge < -0.3 is 4.74 Å². The van der Waals surface area contributed by atoms with Crippen LogP contribution in [0.3, 0.4) is 0 Å². The molecule has 0 spiro atoms. The number of benzene rings is 1. The molecular formula is C8H6ClF3O. The highest BCUT2D eigenvalue weighted by Gasteiger charge is 2.10. The van der Waals surface area contributed by atoms with E-state index in [-0.39, 0.29) is 10.8 Å². The Labute approximate surface area is 78.1 Å². The van der Waals surface area contributed by atoms with Crippen molar-refractivity contribution >= 4 is 11.6 Å². The van der Waals surface area contributed by atoms with Crippen molar-refractivity contribution < 1.29 is 17.9 Å². The van der Waals surface area contributed by atoms with Crippen LogP contribution in [-0.4, -0.2) is 6.61 Å². The average molecular weight is 211 g/mol. The Morgan fingerprint density at radius 3 is 2.54 bits per heavy atom. The number of halogens is 4. The molecule has 1 aromatic rings. The van der Waals surface area contributed by atoms with E-state index in [1.54, 1.807) is 0 Å². The maximum absolute atomic E-state index is 12.8. The quantitative estimate of drug-likeness (QED) is 0.727. The third-order valence-corrected chi connectivity index (χ3v) is 1.72. The summed E-state index contributed by atoms with van der Waals surface area (Å²) in [7, 11) is 0. The van der Waals surface area contributed by atoms with Crippen LogP contribution in [0.5, 0.6) is 5.75 Å². The minimum Gasteiger partial charge on any atom is -0.434 e. The van der Waals surface area contributed by atoms with E-state index >= 15 is 0 Å². The first-order valence-corrected chi connectivity index (χ1v) is 3.79. The highest BCUT2D eigenvalue weighted by Crippen LogP contribution is 2.26. The number of hydrogen-bond donors (Lipinski definition) is 0. The summed E-state index contributed by atoms with van der Waals surface area (Å²) in [4.78, 5) is 0. The van der Waals surface area contributed by atoms with Crippen molar-refractivity contribution in [2.24, 2.45) is 0 Å². The van der Waals surface area contributed by atoms with Crippen LogP contribution in [0.2, 0.25) is 5.02 Å². The second-order valence-electron chi connectivity index (χ2n) is 2.41. The van der Waals surface area contributed by atoms with E-state index in [4.69, 9.17) is 11.6 Å². The molecular weight excluding hydrogens is 205 g/mol. The lowest BCUT2D eigenvalue weighted by Gasteiger charge is -2.08. The number of rotatable bonds is 2. The summed E-state index contributed by atoms with van der Waals surface area (Å²) in [6.07, 6.45) is 0. The fraction of sp³-hybridized carbons (Fsp3) is 0.250. The molecule has 0 aliphatic carbocycles. The zero-order valence-electron chi connectivity index (χ0n) is 6.65. The van der Waals surface area contributed by atoms with E-state index in [0.29, 0.717) is 5.56 Å².